The molecule has 0 aromatic heterocycles. The maximum absolute atomic E-state index is 5.68. The van der Waals surface area contributed by atoms with Crippen molar-refractivity contribution in [3.63, 3.8) is 0 Å². The van der Waals surface area contributed by atoms with Gasteiger partial charge in [-0.25, -0.2) is 0 Å². The van der Waals surface area contributed by atoms with Crippen LogP contribution >= 0.6 is 11.6 Å². The summed E-state index contributed by atoms with van der Waals surface area (Å²) in [6.07, 6.45) is 2.09. The average molecular weight is 149 g/mol. The number of hydrogen-bond donors (Lipinski definition) is 0. The third kappa shape index (κ3) is 3.27. The largest absolute Gasteiger partial charge is 0.130 e. The summed E-state index contributed by atoms with van der Waals surface area (Å²) in [5.41, 5.74) is 3.08. The summed E-state index contributed by atoms with van der Waals surface area (Å²) in [6, 6.07) is 0. The number of hydrogen-bond acceptors (Lipinski definition) is 0. The Kier molecular flexibility index (Phi) is 3.41. The van der Waals surface area contributed by atoms with Gasteiger partial charge in [0.05, 0.1) is 8.07 Å². The molecule has 2 heteroatoms. The molecule has 0 heterocycles. The fraction of sp³-hybridized carbons (Fsp3) is 0.667. The predicted octanol–water partition coefficient (Wildman–Crippen LogP) is 2.59. The topological polar surface area (TPSA) is 0 Å². The SMILES string of the molecule is CC=C[Si](C)(C)CCl. The van der Waals surface area contributed by atoms with E-state index in [1.165, 1.54) is 0 Å². The minimum Gasteiger partial charge on any atom is -0.130 e. The first-order chi connectivity index (χ1) is 3.62. The molecule has 0 spiro atoms. The molecule has 0 saturated heterocycles. The first-order valence-electron chi connectivity index (χ1n) is 2.82. The van der Waals surface area contributed by atoms with Gasteiger partial charge >= 0.3 is 0 Å². The Morgan fingerprint density at radius 2 is 2.00 bits per heavy atom. The van der Waals surface area contributed by atoms with E-state index in [4.69, 9.17) is 11.6 Å². The van der Waals surface area contributed by atoms with Crippen molar-refractivity contribution in [1.29, 1.82) is 0 Å². The van der Waals surface area contributed by atoms with Crippen molar-refractivity contribution >= 4 is 19.7 Å². The van der Waals surface area contributed by atoms with E-state index in [1.54, 1.807) is 0 Å². The van der Waals surface area contributed by atoms with Crippen molar-refractivity contribution in [1.82, 2.24) is 0 Å². The molecule has 0 aromatic rings. The predicted molar refractivity (Wildman–Crippen MR) is 43.0 cm³/mol. The minimum absolute atomic E-state index is 0.831. The summed E-state index contributed by atoms with van der Waals surface area (Å²) in [5.74, 6) is 0. The van der Waals surface area contributed by atoms with E-state index in [2.05, 4.69) is 24.9 Å². The summed E-state index contributed by atoms with van der Waals surface area (Å²) >= 11 is 5.68. The second-order valence-electron chi connectivity index (χ2n) is 2.62. The molecule has 0 amide bonds. The van der Waals surface area contributed by atoms with Crippen molar-refractivity contribution < 1.29 is 0 Å². The maximum Gasteiger partial charge on any atom is 0.0867 e. The Bertz CT molecular complexity index is 86.5. The molecule has 0 bridgehead atoms. The molecule has 0 radical (unpaired) electrons. The fourth-order valence-corrected chi connectivity index (χ4v) is 1.75. The van der Waals surface area contributed by atoms with E-state index >= 15 is 0 Å². The Hall–Kier alpha value is 0.247. The Balaban J connectivity index is 3.71. The first kappa shape index (κ1) is 8.25. The molecule has 0 aliphatic carbocycles. The number of halogens is 1. The molecule has 0 rings (SSSR count). The second kappa shape index (κ2) is 3.31. The van der Waals surface area contributed by atoms with Crippen LogP contribution in [0.2, 0.25) is 13.1 Å². The van der Waals surface area contributed by atoms with Crippen LogP contribution in [-0.2, 0) is 0 Å². The van der Waals surface area contributed by atoms with Gasteiger partial charge in [-0.15, -0.1) is 11.6 Å². The zero-order chi connectivity index (χ0) is 6.62. The molecule has 0 aliphatic heterocycles. The van der Waals surface area contributed by atoms with E-state index in [9.17, 15) is 0 Å². The summed E-state index contributed by atoms with van der Waals surface area (Å²) in [5, 5.41) is 0. The molecule has 0 aromatic carbocycles. The quantitative estimate of drug-likeness (QED) is 0.417. The molecule has 8 heavy (non-hydrogen) atoms. The lowest BCUT2D eigenvalue weighted by Gasteiger charge is -2.10. The van der Waals surface area contributed by atoms with E-state index < -0.39 is 8.07 Å². The minimum atomic E-state index is -1.09. The molecule has 0 fully saturated rings. The van der Waals surface area contributed by atoms with E-state index in [0.717, 1.165) is 5.50 Å². The number of rotatable bonds is 2. The highest BCUT2D eigenvalue weighted by Crippen LogP contribution is 2.04. The summed E-state index contributed by atoms with van der Waals surface area (Å²) < 4.78 is 0. The smallest absolute Gasteiger partial charge is 0.0867 e. The number of alkyl halides is 1. The molecular weight excluding hydrogens is 136 g/mol. The van der Waals surface area contributed by atoms with E-state index in [1.807, 2.05) is 6.92 Å². The van der Waals surface area contributed by atoms with Gasteiger partial charge in [-0.2, -0.15) is 0 Å². The molecule has 0 atom stereocenters. The molecule has 0 nitrogen and oxygen atoms in total. The standard InChI is InChI=1S/C6H13ClSi/c1-4-5-8(2,3)6-7/h4-5H,6H2,1-3H3. The van der Waals surface area contributed by atoms with Crippen LogP contribution in [0.4, 0.5) is 0 Å². The van der Waals surface area contributed by atoms with Gasteiger partial charge in [0.25, 0.3) is 0 Å². The molecule has 0 aliphatic rings. The lowest BCUT2D eigenvalue weighted by Crippen LogP contribution is -2.24. The normalized spacial score (nSPS) is 13.0. The van der Waals surface area contributed by atoms with Gasteiger partial charge in [0.1, 0.15) is 0 Å². The second-order valence-corrected chi connectivity index (χ2v) is 8.00. The van der Waals surface area contributed by atoms with Gasteiger partial charge in [0, 0.05) is 5.50 Å². The molecular formula is C6H13ClSi. The van der Waals surface area contributed by atoms with Crippen LogP contribution in [0, 0.1) is 0 Å². The summed E-state index contributed by atoms with van der Waals surface area (Å²) in [6.45, 7) is 6.54. The molecule has 0 saturated carbocycles. The Morgan fingerprint density at radius 3 is 2.12 bits per heavy atom. The molecule has 0 N–H and O–H groups in total. The van der Waals surface area contributed by atoms with Crippen LogP contribution in [0.15, 0.2) is 11.8 Å². The Labute approximate surface area is 57.6 Å². The van der Waals surface area contributed by atoms with Crippen LogP contribution in [0.25, 0.3) is 0 Å². The highest BCUT2D eigenvalue weighted by Gasteiger charge is 2.12. The van der Waals surface area contributed by atoms with Gasteiger partial charge in [0.15, 0.2) is 0 Å². The zero-order valence-corrected chi connectivity index (χ0v) is 7.50. The van der Waals surface area contributed by atoms with Gasteiger partial charge in [-0.1, -0.05) is 24.9 Å². The van der Waals surface area contributed by atoms with Crippen molar-refractivity contribution in [2.24, 2.45) is 0 Å². The van der Waals surface area contributed by atoms with Crippen LogP contribution in [0.5, 0.6) is 0 Å². The van der Waals surface area contributed by atoms with Gasteiger partial charge in [-0.3, -0.25) is 0 Å². The van der Waals surface area contributed by atoms with Crippen LogP contribution in [0.3, 0.4) is 0 Å². The van der Waals surface area contributed by atoms with Crippen molar-refractivity contribution in [3.05, 3.63) is 11.8 Å². The summed E-state index contributed by atoms with van der Waals surface area (Å²) in [7, 11) is -1.09. The van der Waals surface area contributed by atoms with Crippen LogP contribution < -0.4 is 0 Å². The fourth-order valence-electron chi connectivity index (χ4n) is 0.496. The van der Waals surface area contributed by atoms with Crippen LogP contribution in [0.1, 0.15) is 6.92 Å². The highest BCUT2D eigenvalue weighted by molar-refractivity contribution is 6.87. The summed E-state index contributed by atoms with van der Waals surface area (Å²) in [4.78, 5) is 0. The highest BCUT2D eigenvalue weighted by atomic mass is 35.5. The molecule has 48 valence electrons. The lowest BCUT2D eigenvalue weighted by atomic mass is 10.8. The van der Waals surface area contributed by atoms with Gasteiger partial charge in [0.2, 0.25) is 0 Å². The van der Waals surface area contributed by atoms with Gasteiger partial charge in [-0.05, 0) is 6.92 Å². The first-order valence-corrected chi connectivity index (χ1v) is 6.64. The monoisotopic (exact) mass is 148 g/mol. The maximum atomic E-state index is 5.68. The van der Waals surface area contributed by atoms with Crippen LogP contribution in [-0.4, -0.2) is 13.6 Å². The average Bonchev–Trinajstić information content (AvgIpc) is 1.67. The molecule has 0 unspecified atom stereocenters. The van der Waals surface area contributed by atoms with Crippen molar-refractivity contribution in [2.75, 3.05) is 5.50 Å². The Morgan fingerprint density at radius 1 is 1.50 bits per heavy atom. The van der Waals surface area contributed by atoms with Crippen molar-refractivity contribution in [2.45, 2.75) is 20.0 Å². The zero-order valence-electron chi connectivity index (χ0n) is 5.74. The van der Waals surface area contributed by atoms with E-state index in [0.29, 0.717) is 0 Å². The van der Waals surface area contributed by atoms with E-state index in [-0.39, 0.29) is 0 Å². The number of allylic oxidation sites excluding steroid dienone is 1. The third-order valence-electron chi connectivity index (χ3n) is 0.962. The third-order valence-corrected chi connectivity index (χ3v) is 4.95. The van der Waals surface area contributed by atoms with Crippen molar-refractivity contribution in [3.8, 4) is 0 Å². The lowest BCUT2D eigenvalue weighted by molar-refractivity contribution is 1.67. The van der Waals surface area contributed by atoms with Gasteiger partial charge < -0.3 is 0 Å².